The first kappa shape index (κ1) is 20.9. The predicted octanol–water partition coefficient (Wildman–Crippen LogP) is 0.767. The van der Waals surface area contributed by atoms with Crippen LogP contribution < -0.4 is 0 Å². The van der Waals surface area contributed by atoms with Crippen molar-refractivity contribution in [3.05, 3.63) is 47.2 Å². The van der Waals surface area contributed by atoms with Gasteiger partial charge in [0.25, 0.3) is 0 Å². The number of hydrogen-bond donors (Lipinski definition) is 2. The second kappa shape index (κ2) is 7.70. The van der Waals surface area contributed by atoms with Crippen LogP contribution >= 0.6 is 0 Å². The van der Waals surface area contributed by atoms with Crippen LogP contribution in [0.3, 0.4) is 0 Å². The second-order valence-corrected chi connectivity index (χ2v) is 7.99. The molecule has 3 heterocycles. The third-order valence-electron chi connectivity index (χ3n) is 6.17. The number of aliphatic hydroxyl groups is 2. The van der Waals surface area contributed by atoms with Crippen LogP contribution in [0.1, 0.15) is 25.3 Å². The maximum atomic E-state index is 13.8. The number of ketones is 1. The molecule has 0 amide bonds. The zero-order valence-electron chi connectivity index (χ0n) is 17.1. The van der Waals surface area contributed by atoms with E-state index in [0.717, 1.165) is 5.56 Å². The summed E-state index contributed by atoms with van der Waals surface area (Å²) in [6.07, 6.45) is -2.67. The Balaban J connectivity index is 1.82. The summed E-state index contributed by atoms with van der Waals surface area (Å²) >= 11 is 0. The predicted molar refractivity (Wildman–Crippen MR) is 106 cm³/mol. The number of aliphatic hydroxyl groups excluding tert-OH is 1. The maximum Gasteiger partial charge on any atom is 0.315 e. The van der Waals surface area contributed by atoms with Gasteiger partial charge in [0.15, 0.2) is 11.4 Å². The Morgan fingerprint density at radius 3 is 2.57 bits per heavy atom. The summed E-state index contributed by atoms with van der Waals surface area (Å²) in [7, 11) is 1.29. The zero-order chi connectivity index (χ0) is 21.6. The smallest absolute Gasteiger partial charge is 0.315 e. The molecule has 0 aromatic heterocycles. The van der Waals surface area contributed by atoms with Crippen molar-refractivity contribution in [3.63, 3.8) is 0 Å². The van der Waals surface area contributed by atoms with Gasteiger partial charge in [0.05, 0.1) is 20.3 Å². The van der Waals surface area contributed by atoms with Gasteiger partial charge < -0.3 is 24.4 Å². The molecular weight excluding hydrogens is 390 g/mol. The number of ether oxygens (including phenoxy) is 3. The number of methoxy groups -OCH3 is 1. The van der Waals surface area contributed by atoms with Crippen LogP contribution in [0.2, 0.25) is 0 Å². The van der Waals surface area contributed by atoms with Crippen molar-refractivity contribution in [2.24, 2.45) is 10.9 Å². The fourth-order valence-electron chi connectivity index (χ4n) is 4.72. The highest BCUT2D eigenvalue weighted by molar-refractivity contribution is 6.11. The van der Waals surface area contributed by atoms with E-state index in [4.69, 9.17) is 14.2 Å². The minimum atomic E-state index is -1.98. The van der Waals surface area contributed by atoms with E-state index in [2.05, 4.69) is 4.99 Å². The lowest BCUT2D eigenvalue weighted by molar-refractivity contribution is -0.145. The van der Waals surface area contributed by atoms with Crippen LogP contribution in [0.5, 0.6) is 0 Å². The van der Waals surface area contributed by atoms with Crippen LogP contribution in [0.15, 0.2) is 46.6 Å². The van der Waals surface area contributed by atoms with E-state index >= 15 is 0 Å². The first-order valence-corrected chi connectivity index (χ1v) is 9.86. The molecule has 2 fully saturated rings. The number of benzene rings is 1. The highest BCUT2D eigenvalue weighted by Gasteiger charge is 2.61. The molecular formula is C22H25NO7. The third kappa shape index (κ3) is 3.11. The number of allylic oxidation sites excluding steroid dienone is 1. The summed E-state index contributed by atoms with van der Waals surface area (Å²) in [6, 6.07) is 9.14. The van der Waals surface area contributed by atoms with E-state index in [-0.39, 0.29) is 18.8 Å². The Labute approximate surface area is 174 Å². The van der Waals surface area contributed by atoms with Crippen LogP contribution in [-0.4, -0.2) is 71.9 Å². The maximum absolute atomic E-state index is 13.8. The number of carbonyl (C=O) groups is 2. The number of aliphatic imine (C=N–C) groups is 1. The average Bonchev–Trinajstić information content (AvgIpc) is 3.28. The summed E-state index contributed by atoms with van der Waals surface area (Å²) in [5, 5.41) is 21.3. The summed E-state index contributed by atoms with van der Waals surface area (Å²) in [6.45, 7) is 3.08. The van der Waals surface area contributed by atoms with Crippen molar-refractivity contribution in [2.45, 2.75) is 43.7 Å². The van der Waals surface area contributed by atoms with Gasteiger partial charge in [-0.05, 0) is 19.4 Å². The molecule has 1 aromatic carbocycles. The first-order valence-electron chi connectivity index (χ1n) is 9.86. The van der Waals surface area contributed by atoms with E-state index < -0.39 is 47.5 Å². The number of rotatable bonds is 4. The molecule has 3 aliphatic rings. The van der Waals surface area contributed by atoms with Gasteiger partial charge in [-0.3, -0.25) is 14.6 Å². The Bertz CT molecular complexity index is 925. The molecule has 8 heteroatoms. The van der Waals surface area contributed by atoms with E-state index in [1.54, 1.807) is 13.8 Å². The van der Waals surface area contributed by atoms with Crippen LogP contribution in [0, 0.1) is 5.92 Å². The standard InChI is InChI=1S/C22H25NO7/c1-11-15(19(25)22(27)10-30-18-14(24)9-29-20(18)22)17(13-7-5-4-6-8-13)16(12(2)23-11)21(26)28-3/h4-8,14,16-18,20,24,27H,9-10H2,1-3H3/t14-,16?,17?,18+,20-,22-/m0/s1. The molecule has 0 spiro atoms. The first-order chi connectivity index (χ1) is 14.3. The Kier molecular flexibility index (Phi) is 5.36. The summed E-state index contributed by atoms with van der Waals surface area (Å²) in [5.74, 6) is -2.61. The van der Waals surface area contributed by atoms with Crippen molar-refractivity contribution in [1.82, 2.24) is 0 Å². The highest BCUT2D eigenvalue weighted by Crippen LogP contribution is 2.44. The molecule has 8 nitrogen and oxygen atoms in total. The quantitative estimate of drug-likeness (QED) is 0.698. The summed E-state index contributed by atoms with van der Waals surface area (Å²) < 4.78 is 16.0. The van der Waals surface area contributed by atoms with E-state index in [9.17, 15) is 19.8 Å². The fourth-order valence-corrected chi connectivity index (χ4v) is 4.72. The summed E-state index contributed by atoms with van der Waals surface area (Å²) in [5.41, 5.74) is -0.0743. The Morgan fingerprint density at radius 2 is 1.90 bits per heavy atom. The number of nitrogens with zero attached hydrogens (tertiary/aromatic N) is 1. The fraction of sp³-hybridized carbons (Fsp3) is 0.500. The number of esters is 1. The van der Waals surface area contributed by atoms with Gasteiger partial charge in [-0.15, -0.1) is 0 Å². The van der Waals surface area contributed by atoms with Crippen molar-refractivity contribution >= 4 is 17.5 Å². The zero-order valence-corrected chi connectivity index (χ0v) is 17.1. The number of hydrogen-bond acceptors (Lipinski definition) is 8. The van der Waals surface area contributed by atoms with Crippen molar-refractivity contribution in [2.75, 3.05) is 20.3 Å². The van der Waals surface area contributed by atoms with Crippen LogP contribution in [0.4, 0.5) is 0 Å². The highest BCUT2D eigenvalue weighted by atomic mass is 16.6. The monoisotopic (exact) mass is 415 g/mol. The van der Waals surface area contributed by atoms with Crippen LogP contribution in [0.25, 0.3) is 0 Å². The molecule has 2 unspecified atom stereocenters. The number of carbonyl (C=O) groups excluding carboxylic acids is 2. The average molecular weight is 415 g/mol. The van der Waals surface area contributed by atoms with Gasteiger partial charge >= 0.3 is 5.97 Å². The van der Waals surface area contributed by atoms with Gasteiger partial charge in [0.2, 0.25) is 0 Å². The third-order valence-corrected chi connectivity index (χ3v) is 6.17. The molecule has 2 N–H and O–H groups in total. The lowest BCUT2D eigenvalue weighted by atomic mass is 9.71. The molecule has 30 heavy (non-hydrogen) atoms. The Morgan fingerprint density at radius 1 is 1.20 bits per heavy atom. The molecule has 3 aliphatic heterocycles. The molecule has 0 radical (unpaired) electrons. The topological polar surface area (TPSA) is 115 Å². The van der Waals surface area contributed by atoms with Crippen molar-refractivity contribution < 1.29 is 34.0 Å². The number of fused-ring (bicyclic) bond motifs is 1. The van der Waals surface area contributed by atoms with Gasteiger partial charge in [0.1, 0.15) is 24.2 Å². The minimum absolute atomic E-state index is 0.0207. The SMILES string of the molecule is COC(=O)C1C(C)=NC(C)=C(C(=O)[C@@]2(O)CO[C@@H]3[C@@H](O)CO[C@@H]32)C1c1ccccc1. The van der Waals surface area contributed by atoms with Gasteiger partial charge in [0, 0.05) is 22.9 Å². The van der Waals surface area contributed by atoms with Crippen molar-refractivity contribution in [1.29, 1.82) is 0 Å². The molecule has 0 bridgehead atoms. The molecule has 2 saturated heterocycles. The largest absolute Gasteiger partial charge is 0.468 e. The minimum Gasteiger partial charge on any atom is -0.468 e. The molecule has 6 atom stereocenters. The van der Waals surface area contributed by atoms with E-state index in [0.29, 0.717) is 11.4 Å². The molecule has 160 valence electrons. The Hall–Kier alpha value is -2.39. The molecule has 0 aliphatic carbocycles. The molecule has 4 rings (SSSR count). The van der Waals surface area contributed by atoms with Gasteiger partial charge in [-0.2, -0.15) is 0 Å². The van der Waals surface area contributed by atoms with Gasteiger partial charge in [-0.25, -0.2) is 0 Å². The van der Waals surface area contributed by atoms with Crippen LogP contribution in [-0.2, 0) is 23.8 Å². The van der Waals surface area contributed by atoms with Gasteiger partial charge in [-0.1, -0.05) is 30.3 Å². The second-order valence-electron chi connectivity index (χ2n) is 7.99. The lowest BCUT2D eigenvalue weighted by Gasteiger charge is -2.35. The van der Waals surface area contributed by atoms with E-state index in [1.165, 1.54) is 7.11 Å². The molecule has 1 aromatic rings. The number of Topliss-reactive ketones (excluding diaryl/α,β-unsaturated/α-hetero) is 1. The van der Waals surface area contributed by atoms with Crippen molar-refractivity contribution in [3.8, 4) is 0 Å². The van der Waals surface area contributed by atoms with E-state index in [1.807, 2.05) is 30.3 Å². The summed E-state index contributed by atoms with van der Waals surface area (Å²) in [4.78, 5) is 30.9. The molecule has 0 saturated carbocycles. The lowest BCUT2D eigenvalue weighted by Crippen LogP contribution is -2.53. The normalized spacial score (nSPS) is 35.8.